The van der Waals surface area contributed by atoms with E-state index in [4.69, 9.17) is 5.73 Å². The van der Waals surface area contributed by atoms with E-state index in [-0.39, 0.29) is 6.04 Å². The number of rotatable bonds is 2. The Morgan fingerprint density at radius 1 is 1.00 bits per heavy atom. The third-order valence-electron chi connectivity index (χ3n) is 4.31. The molecule has 0 bridgehead atoms. The number of benzene rings is 2. The highest BCUT2D eigenvalue weighted by Crippen LogP contribution is 2.29. The zero-order valence-corrected chi connectivity index (χ0v) is 13.4. The van der Waals surface area contributed by atoms with Gasteiger partial charge in [0.15, 0.2) is 0 Å². The summed E-state index contributed by atoms with van der Waals surface area (Å²) in [5, 5.41) is 0. The molecule has 0 amide bonds. The van der Waals surface area contributed by atoms with Crippen LogP contribution < -0.4 is 5.73 Å². The number of hydrogen-bond donors (Lipinski definition) is 1. The van der Waals surface area contributed by atoms with Crippen LogP contribution in [0.25, 0.3) is 0 Å². The average molecular weight is 330 g/mol. The van der Waals surface area contributed by atoms with Gasteiger partial charge in [-0.2, -0.15) is 0 Å². The van der Waals surface area contributed by atoms with E-state index in [0.29, 0.717) is 0 Å². The van der Waals surface area contributed by atoms with Crippen LogP contribution >= 0.6 is 15.9 Å². The molecule has 3 rings (SSSR count). The fraction of sp³-hybridized carbons (Fsp3) is 0.333. The Bertz CT molecular complexity index is 633. The zero-order chi connectivity index (χ0) is 14.1. The minimum atomic E-state index is -0.0419. The largest absolute Gasteiger partial charge is 0.320 e. The maximum Gasteiger partial charge on any atom is 0.0554 e. The van der Waals surface area contributed by atoms with Gasteiger partial charge in [0.05, 0.1) is 6.04 Å². The molecule has 1 nitrogen and oxygen atoms in total. The van der Waals surface area contributed by atoms with Crippen LogP contribution in [0.1, 0.15) is 46.7 Å². The van der Waals surface area contributed by atoms with Crippen molar-refractivity contribution in [1.82, 2.24) is 0 Å². The first-order chi connectivity index (χ1) is 9.65. The minimum Gasteiger partial charge on any atom is -0.320 e. The highest BCUT2D eigenvalue weighted by molar-refractivity contribution is 9.10. The van der Waals surface area contributed by atoms with Crippen LogP contribution in [0, 0.1) is 6.92 Å². The van der Waals surface area contributed by atoms with Crippen LogP contribution in [-0.2, 0) is 12.8 Å². The van der Waals surface area contributed by atoms with E-state index in [0.717, 1.165) is 4.47 Å². The van der Waals surface area contributed by atoms with Gasteiger partial charge in [-0.15, -0.1) is 0 Å². The molecule has 0 aliphatic heterocycles. The predicted octanol–water partition coefficient (Wildman–Crippen LogP) is 4.68. The molecular weight excluding hydrogens is 310 g/mol. The van der Waals surface area contributed by atoms with E-state index in [1.165, 1.54) is 53.5 Å². The van der Waals surface area contributed by atoms with Crippen molar-refractivity contribution >= 4 is 15.9 Å². The molecule has 0 fully saturated rings. The van der Waals surface area contributed by atoms with E-state index in [9.17, 15) is 0 Å². The van der Waals surface area contributed by atoms with Crippen molar-refractivity contribution in [2.24, 2.45) is 5.73 Å². The second kappa shape index (κ2) is 5.71. The van der Waals surface area contributed by atoms with Crippen molar-refractivity contribution in [3.63, 3.8) is 0 Å². The Morgan fingerprint density at radius 3 is 2.55 bits per heavy atom. The second-order valence-electron chi connectivity index (χ2n) is 5.71. The Balaban J connectivity index is 1.97. The van der Waals surface area contributed by atoms with Crippen LogP contribution in [0.3, 0.4) is 0 Å². The summed E-state index contributed by atoms with van der Waals surface area (Å²) >= 11 is 3.54. The normalized spacial score (nSPS) is 15.8. The fourth-order valence-electron chi connectivity index (χ4n) is 3.07. The summed E-state index contributed by atoms with van der Waals surface area (Å²) in [5.74, 6) is 0. The standard InChI is InChI=1S/C18H20BrN/c1-12-6-9-16(19)11-17(12)18(20)15-8-7-13-4-2-3-5-14(13)10-15/h6-11,18H,2-5,20H2,1H3. The number of halogens is 1. The Hall–Kier alpha value is -1.12. The molecule has 2 N–H and O–H groups in total. The maximum atomic E-state index is 6.50. The van der Waals surface area contributed by atoms with Gasteiger partial charge in [-0.25, -0.2) is 0 Å². The van der Waals surface area contributed by atoms with Gasteiger partial charge < -0.3 is 5.73 Å². The molecule has 1 aliphatic carbocycles. The minimum absolute atomic E-state index is 0.0419. The van der Waals surface area contributed by atoms with Gasteiger partial charge in [0.25, 0.3) is 0 Å². The number of aryl methyl sites for hydroxylation is 3. The Kier molecular flexibility index (Phi) is 3.95. The maximum absolute atomic E-state index is 6.50. The van der Waals surface area contributed by atoms with Gasteiger partial charge in [0.1, 0.15) is 0 Å². The first-order valence-electron chi connectivity index (χ1n) is 7.28. The quantitative estimate of drug-likeness (QED) is 0.850. The summed E-state index contributed by atoms with van der Waals surface area (Å²) < 4.78 is 1.09. The molecule has 0 saturated heterocycles. The van der Waals surface area contributed by atoms with Gasteiger partial charge >= 0.3 is 0 Å². The summed E-state index contributed by atoms with van der Waals surface area (Å²) in [6.07, 6.45) is 5.05. The second-order valence-corrected chi connectivity index (χ2v) is 6.63. The third-order valence-corrected chi connectivity index (χ3v) is 4.80. The molecule has 0 radical (unpaired) electrons. The Morgan fingerprint density at radius 2 is 1.75 bits per heavy atom. The average Bonchev–Trinajstić information content (AvgIpc) is 2.48. The molecule has 0 heterocycles. The van der Waals surface area contributed by atoms with Gasteiger partial charge in [0.2, 0.25) is 0 Å². The lowest BCUT2D eigenvalue weighted by atomic mass is 9.87. The summed E-state index contributed by atoms with van der Waals surface area (Å²) in [6.45, 7) is 2.13. The lowest BCUT2D eigenvalue weighted by molar-refractivity contribution is 0.682. The molecule has 0 aromatic heterocycles. The molecule has 2 aromatic carbocycles. The SMILES string of the molecule is Cc1ccc(Br)cc1C(N)c1ccc2c(c1)CCCC2. The van der Waals surface area contributed by atoms with Crippen molar-refractivity contribution in [2.75, 3.05) is 0 Å². The summed E-state index contributed by atoms with van der Waals surface area (Å²) in [4.78, 5) is 0. The molecule has 104 valence electrons. The molecule has 0 saturated carbocycles. The van der Waals surface area contributed by atoms with Crippen molar-refractivity contribution < 1.29 is 0 Å². The molecular formula is C18H20BrN. The van der Waals surface area contributed by atoms with Gasteiger partial charge in [-0.05, 0) is 72.6 Å². The lowest BCUT2D eigenvalue weighted by Crippen LogP contribution is -2.14. The van der Waals surface area contributed by atoms with Crippen LogP contribution in [0.15, 0.2) is 40.9 Å². The van der Waals surface area contributed by atoms with Crippen molar-refractivity contribution in [3.05, 3.63) is 68.7 Å². The van der Waals surface area contributed by atoms with Crippen molar-refractivity contribution in [3.8, 4) is 0 Å². The van der Waals surface area contributed by atoms with Crippen LogP contribution in [-0.4, -0.2) is 0 Å². The van der Waals surface area contributed by atoms with Gasteiger partial charge in [0, 0.05) is 4.47 Å². The monoisotopic (exact) mass is 329 g/mol. The third kappa shape index (κ3) is 2.68. The number of nitrogens with two attached hydrogens (primary N) is 1. The number of hydrogen-bond acceptors (Lipinski definition) is 1. The topological polar surface area (TPSA) is 26.0 Å². The molecule has 1 unspecified atom stereocenters. The lowest BCUT2D eigenvalue weighted by Gasteiger charge is -2.20. The highest BCUT2D eigenvalue weighted by atomic mass is 79.9. The highest BCUT2D eigenvalue weighted by Gasteiger charge is 2.15. The first-order valence-corrected chi connectivity index (χ1v) is 8.08. The van der Waals surface area contributed by atoms with Crippen molar-refractivity contribution in [2.45, 2.75) is 38.6 Å². The van der Waals surface area contributed by atoms with Crippen LogP contribution in [0.4, 0.5) is 0 Å². The van der Waals surface area contributed by atoms with Crippen molar-refractivity contribution in [1.29, 1.82) is 0 Å². The van der Waals surface area contributed by atoms with Crippen LogP contribution in [0.5, 0.6) is 0 Å². The molecule has 2 aromatic rings. The molecule has 20 heavy (non-hydrogen) atoms. The number of fused-ring (bicyclic) bond motifs is 1. The molecule has 1 atom stereocenters. The molecule has 0 spiro atoms. The van der Waals surface area contributed by atoms with Gasteiger partial charge in [-0.3, -0.25) is 0 Å². The van der Waals surface area contributed by atoms with E-state index in [1.54, 1.807) is 0 Å². The molecule has 2 heteroatoms. The Labute approximate surface area is 129 Å². The fourth-order valence-corrected chi connectivity index (χ4v) is 3.45. The molecule has 1 aliphatic rings. The van der Waals surface area contributed by atoms with E-state index >= 15 is 0 Å². The predicted molar refractivity (Wildman–Crippen MR) is 88.0 cm³/mol. The zero-order valence-electron chi connectivity index (χ0n) is 11.8. The van der Waals surface area contributed by atoms with E-state index < -0.39 is 0 Å². The van der Waals surface area contributed by atoms with Crippen LogP contribution in [0.2, 0.25) is 0 Å². The summed E-state index contributed by atoms with van der Waals surface area (Å²) in [6, 6.07) is 13.1. The van der Waals surface area contributed by atoms with E-state index in [1.807, 2.05) is 0 Å². The van der Waals surface area contributed by atoms with Gasteiger partial charge in [-0.1, -0.05) is 40.2 Å². The van der Waals surface area contributed by atoms with E-state index in [2.05, 4.69) is 59.3 Å². The summed E-state index contributed by atoms with van der Waals surface area (Å²) in [7, 11) is 0. The first kappa shape index (κ1) is 13.8. The smallest absolute Gasteiger partial charge is 0.0554 e. The summed E-state index contributed by atoms with van der Waals surface area (Å²) in [5.41, 5.74) is 13.2.